The van der Waals surface area contributed by atoms with Crippen LogP contribution in [0.3, 0.4) is 0 Å². The summed E-state index contributed by atoms with van der Waals surface area (Å²) < 4.78 is 34.7. The molecule has 1 fully saturated rings. The summed E-state index contributed by atoms with van der Waals surface area (Å²) >= 11 is 1.38. The van der Waals surface area contributed by atoms with Gasteiger partial charge in [0.05, 0.1) is 13.2 Å². The van der Waals surface area contributed by atoms with Gasteiger partial charge in [-0.1, -0.05) is 11.8 Å². The van der Waals surface area contributed by atoms with Crippen LogP contribution in [0.5, 0.6) is 0 Å². The number of halogens is 2. The van der Waals surface area contributed by atoms with Gasteiger partial charge in [-0.05, 0) is 32.0 Å². The van der Waals surface area contributed by atoms with Crippen LogP contribution in [0, 0.1) is 11.6 Å². The zero-order chi connectivity index (χ0) is 17.1. The molecule has 1 unspecified atom stereocenters. The van der Waals surface area contributed by atoms with Crippen molar-refractivity contribution in [2.24, 2.45) is 0 Å². The minimum Gasteiger partial charge on any atom is -0.378 e. The van der Waals surface area contributed by atoms with Gasteiger partial charge in [0, 0.05) is 30.4 Å². The Morgan fingerprint density at radius 2 is 2.00 bits per heavy atom. The molecule has 24 heavy (non-hydrogen) atoms. The highest BCUT2D eigenvalue weighted by atomic mass is 32.2. The van der Waals surface area contributed by atoms with Gasteiger partial charge >= 0.3 is 0 Å². The minimum atomic E-state index is -0.440. The Hall–Kier alpha value is -1.67. The Bertz CT molecular complexity index is 703. The molecule has 0 aliphatic carbocycles. The lowest BCUT2D eigenvalue weighted by atomic mass is 10.1. The molecule has 1 aromatic heterocycles. The molecule has 1 atom stereocenters. The monoisotopic (exact) mass is 354 g/mol. The third kappa shape index (κ3) is 3.54. The Morgan fingerprint density at radius 3 is 2.71 bits per heavy atom. The quantitative estimate of drug-likeness (QED) is 0.771. The van der Waals surface area contributed by atoms with Crippen LogP contribution in [-0.4, -0.2) is 41.1 Å². The number of morpholine rings is 1. The summed E-state index contributed by atoms with van der Waals surface area (Å²) in [7, 11) is 0. The highest BCUT2D eigenvalue weighted by molar-refractivity contribution is 7.99. The lowest BCUT2D eigenvalue weighted by Crippen LogP contribution is -2.38. The van der Waals surface area contributed by atoms with Crippen LogP contribution in [0.1, 0.15) is 24.7 Å². The van der Waals surface area contributed by atoms with Gasteiger partial charge in [0.2, 0.25) is 5.95 Å². The van der Waals surface area contributed by atoms with Crippen LogP contribution in [0.4, 0.5) is 14.7 Å². The number of benzene rings is 1. The molecule has 0 bridgehead atoms. The molecule has 130 valence electrons. The van der Waals surface area contributed by atoms with E-state index < -0.39 is 11.6 Å². The molecular weight excluding hydrogens is 334 g/mol. The second kappa shape index (κ2) is 7.48. The standard InChI is InChI=1S/C16H20F2N4OS/c1-3-22-15(21-6-8-23-9-7-21)19-20-16(22)24-11(2)13-10-12(17)4-5-14(13)18/h4-5,10-11H,3,6-9H2,1-2H3. The number of nitrogens with zero attached hydrogens (tertiary/aromatic N) is 4. The van der Waals surface area contributed by atoms with Crippen molar-refractivity contribution in [1.29, 1.82) is 0 Å². The second-order valence-electron chi connectivity index (χ2n) is 5.55. The number of thioether (sulfide) groups is 1. The van der Waals surface area contributed by atoms with Crippen LogP contribution in [-0.2, 0) is 11.3 Å². The third-order valence-electron chi connectivity index (χ3n) is 3.99. The molecular formula is C16H20F2N4OS. The van der Waals surface area contributed by atoms with Crippen LogP contribution in [0.15, 0.2) is 23.4 Å². The Kier molecular flexibility index (Phi) is 5.35. The summed E-state index contributed by atoms with van der Waals surface area (Å²) in [6.45, 7) is 7.46. The van der Waals surface area contributed by atoms with Gasteiger partial charge in [0.15, 0.2) is 5.16 Å². The largest absolute Gasteiger partial charge is 0.378 e. The fourth-order valence-corrected chi connectivity index (χ4v) is 3.74. The average molecular weight is 354 g/mol. The van der Waals surface area contributed by atoms with Crippen molar-refractivity contribution in [2.75, 3.05) is 31.2 Å². The fourth-order valence-electron chi connectivity index (χ4n) is 2.69. The normalized spacial score (nSPS) is 16.4. The number of hydrogen-bond donors (Lipinski definition) is 0. The van der Waals surface area contributed by atoms with Crippen molar-refractivity contribution in [3.8, 4) is 0 Å². The summed E-state index contributed by atoms with van der Waals surface area (Å²) in [5.41, 5.74) is 0.332. The lowest BCUT2D eigenvalue weighted by Gasteiger charge is -2.27. The molecule has 1 saturated heterocycles. The van der Waals surface area contributed by atoms with Crippen LogP contribution >= 0.6 is 11.8 Å². The Morgan fingerprint density at radius 1 is 1.25 bits per heavy atom. The maximum atomic E-state index is 14.0. The molecule has 5 nitrogen and oxygen atoms in total. The molecule has 0 spiro atoms. The van der Waals surface area contributed by atoms with Gasteiger partial charge < -0.3 is 9.64 Å². The van der Waals surface area contributed by atoms with Crippen molar-refractivity contribution in [3.05, 3.63) is 35.4 Å². The highest BCUT2D eigenvalue weighted by Gasteiger charge is 2.22. The van der Waals surface area contributed by atoms with Crippen molar-refractivity contribution in [3.63, 3.8) is 0 Å². The van der Waals surface area contributed by atoms with Crippen molar-refractivity contribution in [1.82, 2.24) is 14.8 Å². The van der Waals surface area contributed by atoms with E-state index in [4.69, 9.17) is 4.74 Å². The fraction of sp³-hybridized carbons (Fsp3) is 0.500. The summed E-state index contributed by atoms with van der Waals surface area (Å²) in [5.74, 6) is -0.0487. The van der Waals surface area contributed by atoms with E-state index in [1.807, 2.05) is 18.4 Å². The number of ether oxygens (including phenoxy) is 1. The zero-order valence-corrected chi connectivity index (χ0v) is 14.5. The number of anilines is 1. The summed E-state index contributed by atoms with van der Waals surface area (Å²) in [5, 5.41) is 8.98. The number of aromatic nitrogens is 3. The molecule has 2 aromatic rings. The predicted molar refractivity (Wildman–Crippen MR) is 89.4 cm³/mol. The van der Waals surface area contributed by atoms with E-state index in [9.17, 15) is 8.78 Å². The zero-order valence-electron chi connectivity index (χ0n) is 13.7. The molecule has 8 heteroatoms. The Labute approximate surface area is 144 Å². The van der Waals surface area contributed by atoms with Gasteiger partial charge in [0.1, 0.15) is 11.6 Å². The van der Waals surface area contributed by atoms with E-state index in [0.717, 1.165) is 31.2 Å². The van der Waals surface area contributed by atoms with Gasteiger partial charge in [-0.2, -0.15) is 0 Å². The molecule has 1 aromatic carbocycles. The van der Waals surface area contributed by atoms with E-state index in [1.165, 1.54) is 17.8 Å². The minimum absolute atomic E-state index is 0.271. The summed E-state index contributed by atoms with van der Waals surface area (Å²) in [6, 6.07) is 3.52. The number of rotatable bonds is 5. The van der Waals surface area contributed by atoms with Crippen molar-refractivity contribution < 1.29 is 13.5 Å². The lowest BCUT2D eigenvalue weighted by molar-refractivity contribution is 0.121. The van der Waals surface area contributed by atoms with E-state index in [1.54, 1.807) is 0 Å². The second-order valence-corrected chi connectivity index (χ2v) is 6.86. The first kappa shape index (κ1) is 17.2. The first-order chi connectivity index (χ1) is 11.6. The van der Waals surface area contributed by atoms with Crippen LogP contribution in [0.25, 0.3) is 0 Å². The maximum Gasteiger partial charge on any atom is 0.228 e. The molecule has 0 saturated carbocycles. The summed E-state index contributed by atoms with van der Waals surface area (Å²) in [4.78, 5) is 2.14. The predicted octanol–water partition coefficient (Wildman–Crippen LogP) is 3.27. The van der Waals surface area contributed by atoms with E-state index in [2.05, 4.69) is 15.1 Å². The smallest absolute Gasteiger partial charge is 0.228 e. The van der Waals surface area contributed by atoms with Crippen molar-refractivity contribution >= 4 is 17.7 Å². The van der Waals surface area contributed by atoms with E-state index in [0.29, 0.717) is 30.5 Å². The van der Waals surface area contributed by atoms with Gasteiger partial charge in [-0.25, -0.2) is 8.78 Å². The number of hydrogen-bond acceptors (Lipinski definition) is 5. The average Bonchev–Trinajstić information content (AvgIpc) is 3.00. The maximum absolute atomic E-state index is 14.0. The van der Waals surface area contributed by atoms with Crippen molar-refractivity contribution in [2.45, 2.75) is 30.8 Å². The van der Waals surface area contributed by atoms with E-state index in [-0.39, 0.29) is 5.25 Å². The molecule has 1 aliphatic rings. The van der Waals surface area contributed by atoms with Crippen LogP contribution < -0.4 is 4.90 Å². The molecule has 1 aliphatic heterocycles. The Balaban J connectivity index is 1.82. The molecule has 3 rings (SSSR count). The molecule has 0 N–H and O–H groups in total. The molecule has 0 radical (unpaired) electrons. The SMILES string of the molecule is CCn1c(SC(C)c2cc(F)ccc2F)nnc1N1CCOCC1. The van der Waals surface area contributed by atoms with E-state index >= 15 is 0 Å². The van der Waals surface area contributed by atoms with Crippen LogP contribution in [0.2, 0.25) is 0 Å². The van der Waals surface area contributed by atoms with Gasteiger partial charge in [-0.15, -0.1) is 10.2 Å². The topological polar surface area (TPSA) is 43.2 Å². The first-order valence-electron chi connectivity index (χ1n) is 7.97. The van der Waals surface area contributed by atoms with Gasteiger partial charge in [-0.3, -0.25) is 4.57 Å². The first-order valence-corrected chi connectivity index (χ1v) is 8.85. The molecule has 0 amide bonds. The highest BCUT2D eigenvalue weighted by Crippen LogP contribution is 2.36. The summed E-state index contributed by atoms with van der Waals surface area (Å²) in [6.07, 6.45) is 0. The van der Waals surface area contributed by atoms with Gasteiger partial charge in [0.25, 0.3) is 0 Å². The third-order valence-corrected chi connectivity index (χ3v) is 5.11. The molecule has 2 heterocycles.